The molecule has 2 aromatic heterocycles. The lowest BCUT2D eigenvalue weighted by molar-refractivity contribution is 0.407. The summed E-state index contributed by atoms with van der Waals surface area (Å²) in [4.78, 5) is 3.90. The first-order valence-corrected chi connectivity index (χ1v) is 5.20. The molecular formula is C9H12ClN5O. The lowest BCUT2D eigenvalue weighted by Crippen LogP contribution is -2.14. The van der Waals surface area contributed by atoms with Crippen LogP contribution in [0.5, 0.6) is 0 Å². The molecular weight excluding hydrogens is 230 g/mol. The van der Waals surface area contributed by atoms with Gasteiger partial charge in [-0.05, 0) is 6.92 Å². The smallest absolute Gasteiger partial charge is 0.213 e. The van der Waals surface area contributed by atoms with Crippen molar-refractivity contribution in [3.8, 4) is 0 Å². The van der Waals surface area contributed by atoms with Gasteiger partial charge in [0.2, 0.25) is 6.39 Å². The number of aromatic nitrogens is 4. The van der Waals surface area contributed by atoms with E-state index in [9.17, 15) is 0 Å². The molecule has 6 nitrogen and oxygen atoms in total. The zero-order valence-corrected chi connectivity index (χ0v) is 9.82. The molecule has 0 fully saturated rings. The lowest BCUT2D eigenvalue weighted by Gasteiger charge is -2.01. The van der Waals surface area contributed by atoms with Gasteiger partial charge in [-0.15, -0.1) is 0 Å². The van der Waals surface area contributed by atoms with Gasteiger partial charge in [-0.3, -0.25) is 4.68 Å². The van der Waals surface area contributed by atoms with Crippen molar-refractivity contribution in [1.82, 2.24) is 25.2 Å². The van der Waals surface area contributed by atoms with E-state index in [0.717, 1.165) is 11.3 Å². The van der Waals surface area contributed by atoms with Gasteiger partial charge in [0.15, 0.2) is 5.82 Å². The second-order valence-corrected chi connectivity index (χ2v) is 3.79. The Hall–Kier alpha value is -1.40. The first-order chi connectivity index (χ1) is 7.68. The first kappa shape index (κ1) is 11.1. The molecule has 0 saturated heterocycles. The fourth-order valence-corrected chi connectivity index (χ4v) is 1.69. The molecule has 0 aliphatic heterocycles. The fourth-order valence-electron chi connectivity index (χ4n) is 1.44. The van der Waals surface area contributed by atoms with Crippen LogP contribution in [0.3, 0.4) is 0 Å². The maximum atomic E-state index is 6.09. The number of aryl methyl sites for hydroxylation is 2. The predicted octanol–water partition coefficient (Wildman–Crippen LogP) is 1.05. The molecule has 0 aliphatic carbocycles. The van der Waals surface area contributed by atoms with Gasteiger partial charge in [-0.1, -0.05) is 16.8 Å². The first-order valence-electron chi connectivity index (χ1n) is 4.82. The van der Waals surface area contributed by atoms with E-state index in [-0.39, 0.29) is 0 Å². The van der Waals surface area contributed by atoms with E-state index in [2.05, 4.69) is 25.1 Å². The molecule has 2 aromatic rings. The summed E-state index contributed by atoms with van der Waals surface area (Å²) in [7, 11) is 1.82. The Balaban J connectivity index is 1.95. The zero-order chi connectivity index (χ0) is 11.5. The molecule has 0 aromatic carbocycles. The van der Waals surface area contributed by atoms with Crippen LogP contribution in [-0.2, 0) is 20.1 Å². The number of nitrogens with zero attached hydrogens (tertiary/aromatic N) is 4. The largest absolute Gasteiger partial charge is 0.343 e. The monoisotopic (exact) mass is 241 g/mol. The topological polar surface area (TPSA) is 68.8 Å². The zero-order valence-electron chi connectivity index (χ0n) is 9.07. The van der Waals surface area contributed by atoms with Crippen LogP contribution in [0.15, 0.2) is 10.9 Å². The minimum Gasteiger partial charge on any atom is -0.343 e. The Morgan fingerprint density at radius 1 is 1.50 bits per heavy atom. The van der Waals surface area contributed by atoms with E-state index in [1.165, 1.54) is 6.39 Å². The minimum atomic E-state index is 0.543. The molecule has 1 N–H and O–H groups in total. The predicted molar refractivity (Wildman–Crippen MR) is 57.8 cm³/mol. The van der Waals surface area contributed by atoms with E-state index in [0.29, 0.717) is 24.1 Å². The van der Waals surface area contributed by atoms with Crippen molar-refractivity contribution >= 4 is 11.6 Å². The van der Waals surface area contributed by atoms with Crippen LogP contribution >= 0.6 is 11.6 Å². The molecule has 0 radical (unpaired) electrons. The van der Waals surface area contributed by atoms with Crippen molar-refractivity contribution in [1.29, 1.82) is 0 Å². The Morgan fingerprint density at radius 2 is 2.31 bits per heavy atom. The molecule has 86 valence electrons. The maximum absolute atomic E-state index is 6.09. The summed E-state index contributed by atoms with van der Waals surface area (Å²) in [6, 6.07) is 0. The van der Waals surface area contributed by atoms with Crippen molar-refractivity contribution in [3.05, 3.63) is 28.6 Å². The molecule has 2 rings (SSSR count). The summed E-state index contributed by atoms with van der Waals surface area (Å²) >= 11 is 6.09. The molecule has 0 spiro atoms. The van der Waals surface area contributed by atoms with E-state index in [4.69, 9.17) is 11.6 Å². The quantitative estimate of drug-likeness (QED) is 0.867. The lowest BCUT2D eigenvalue weighted by atomic mass is 10.2. The van der Waals surface area contributed by atoms with Crippen molar-refractivity contribution in [3.63, 3.8) is 0 Å². The molecule has 16 heavy (non-hydrogen) atoms. The van der Waals surface area contributed by atoms with E-state index < -0.39 is 0 Å². The number of hydrogen-bond acceptors (Lipinski definition) is 5. The van der Waals surface area contributed by atoms with Crippen LogP contribution in [0, 0.1) is 6.92 Å². The van der Waals surface area contributed by atoms with Crippen LogP contribution in [0.2, 0.25) is 5.15 Å². The third-order valence-corrected chi connectivity index (χ3v) is 2.73. The van der Waals surface area contributed by atoms with Crippen molar-refractivity contribution in [2.24, 2.45) is 7.05 Å². The highest BCUT2D eigenvalue weighted by molar-refractivity contribution is 6.30. The van der Waals surface area contributed by atoms with Crippen molar-refractivity contribution < 1.29 is 4.52 Å². The van der Waals surface area contributed by atoms with Crippen molar-refractivity contribution in [2.75, 3.05) is 0 Å². The van der Waals surface area contributed by atoms with Gasteiger partial charge in [0.1, 0.15) is 5.15 Å². The minimum absolute atomic E-state index is 0.543. The second kappa shape index (κ2) is 4.63. The maximum Gasteiger partial charge on any atom is 0.213 e. The van der Waals surface area contributed by atoms with Crippen LogP contribution in [0.25, 0.3) is 0 Å². The SMILES string of the molecule is Cc1nn(C)c(Cl)c1CNCc1ncon1. The number of halogens is 1. The standard InChI is InChI=1S/C9H12ClN5O/c1-6-7(9(10)15(2)13-6)3-11-4-8-12-5-16-14-8/h5,11H,3-4H2,1-2H3. The summed E-state index contributed by atoms with van der Waals surface area (Å²) in [5, 5.41) is 11.7. The highest BCUT2D eigenvalue weighted by atomic mass is 35.5. The molecule has 2 heterocycles. The number of nitrogens with one attached hydrogen (secondary N) is 1. The normalized spacial score (nSPS) is 10.9. The fraction of sp³-hybridized carbons (Fsp3) is 0.444. The molecule has 0 atom stereocenters. The Labute approximate surface area is 97.6 Å². The summed E-state index contributed by atoms with van der Waals surface area (Å²) in [6.45, 7) is 3.10. The highest BCUT2D eigenvalue weighted by Crippen LogP contribution is 2.17. The average Bonchev–Trinajstić information content (AvgIpc) is 2.82. The van der Waals surface area contributed by atoms with Crippen LogP contribution in [-0.4, -0.2) is 19.9 Å². The summed E-state index contributed by atoms with van der Waals surface area (Å²) in [5.41, 5.74) is 1.92. The van der Waals surface area contributed by atoms with Gasteiger partial charge < -0.3 is 9.84 Å². The van der Waals surface area contributed by atoms with Gasteiger partial charge in [0.05, 0.1) is 12.2 Å². The molecule has 0 saturated carbocycles. The number of hydrogen-bond donors (Lipinski definition) is 1. The van der Waals surface area contributed by atoms with Crippen LogP contribution in [0.4, 0.5) is 0 Å². The third kappa shape index (κ3) is 2.23. The molecule has 0 bridgehead atoms. The van der Waals surface area contributed by atoms with Gasteiger partial charge in [-0.25, -0.2) is 0 Å². The van der Waals surface area contributed by atoms with Gasteiger partial charge in [0.25, 0.3) is 0 Å². The highest BCUT2D eigenvalue weighted by Gasteiger charge is 2.10. The van der Waals surface area contributed by atoms with Gasteiger partial charge in [0, 0.05) is 19.2 Å². The number of rotatable bonds is 4. The van der Waals surface area contributed by atoms with E-state index >= 15 is 0 Å². The van der Waals surface area contributed by atoms with Gasteiger partial charge in [-0.2, -0.15) is 10.1 Å². The average molecular weight is 242 g/mol. The van der Waals surface area contributed by atoms with E-state index in [1.54, 1.807) is 4.68 Å². The second-order valence-electron chi connectivity index (χ2n) is 3.43. The third-order valence-electron chi connectivity index (χ3n) is 2.26. The summed E-state index contributed by atoms with van der Waals surface area (Å²) in [5.74, 6) is 0.623. The Kier molecular flexibility index (Phi) is 3.21. The van der Waals surface area contributed by atoms with Crippen LogP contribution < -0.4 is 5.32 Å². The van der Waals surface area contributed by atoms with Crippen molar-refractivity contribution in [2.45, 2.75) is 20.0 Å². The molecule has 0 aliphatic rings. The molecule has 7 heteroatoms. The van der Waals surface area contributed by atoms with Gasteiger partial charge >= 0.3 is 0 Å². The van der Waals surface area contributed by atoms with Crippen LogP contribution in [0.1, 0.15) is 17.1 Å². The molecule has 0 unspecified atom stereocenters. The van der Waals surface area contributed by atoms with E-state index in [1.807, 2.05) is 14.0 Å². The summed E-state index contributed by atoms with van der Waals surface area (Å²) in [6.07, 6.45) is 1.30. The molecule has 0 amide bonds. The Morgan fingerprint density at radius 3 is 2.88 bits per heavy atom. The summed E-state index contributed by atoms with van der Waals surface area (Å²) < 4.78 is 6.28. The Bertz CT molecular complexity index is 464.